The van der Waals surface area contributed by atoms with Crippen LogP contribution in [0.25, 0.3) is 0 Å². The van der Waals surface area contributed by atoms with Crippen LogP contribution in [-0.2, 0) is 11.2 Å². The van der Waals surface area contributed by atoms with Crippen molar-refractivity contribution in [2.45, 2.75) is 25.3 Å². The smallest absolute Gasteiger partial charge is 0.227 e. The summed E-state index contributed by atoms with van der Waals surface area (Å²) >= 11 is 9.47. The molecule has 2 aliphatic rings. The minimum atomic E-state index is 0. The molecule has 3 nitrogen and oxygen atoms in total. The molecule has 1 saturated carbocycles. The van der Waals surface area contributed by atoms with E-state index in [-0.39, 0.29) is 24.4 Å². The van der Waals surface area contributed by atoms with Gasteiger partial charge in [0.1, 0.15) is 0 Å². The van der Waals surface area contributed by atoms with Crippen LogP contribution in [0.5, 0.6) is 0 Å². The summed E-state index contributed by atoms with van der Waals surface area (Å²) in [4.78, 5) is 14.4. The molecule has 3 rings (SSSR count). The maximum absolute atomic E-state index is 12.4. The summed E-state index contributed by atoms with van der Waals surface area (Å²) in [5, 5.41) is 0.663. The van der Waals surface area contributed by atoms with E-state index in [2.05, 4.69) is 15.9 Å². The molecule has 3 unspecified atom stereocenters. The number of carbonyl (C=O) groups excluding carboxylic acids is 1. The van der Waals surface area contributed by atoms with Crippen molar-refractivity contribution in [1.82, 2.24) is 4.90 Å². The SMILES string of the molecule is Cl.NC1CCC2CN(C(=O)Cc3cc(Cl)ccc3Br)CC12. The second-order valence-corrected chi connectivity index (χ2v) is 7.17. The monoisotopic (exact) mass is 392 g/mol. The summed E-state index contributed by atoms with van der Waals surface area (Å²) in [6.07, 6.45) is 2.67. The number of hydrogen-bond acceptors (Lipinski definition) is 2. The molecular weight excluding hydrogens is 375 g/mol. The van der Waals surface area contributed by atoms with Gasteiger partial charge in [0.15, 0.2) is 0 Å². The Kier molecular flexibility index (Phi) is 5.58. The van der Waals surface area contributed by atoms with Gasteiger partial charge in [0.2, 0.25) is 5.91 Å². The number of likely N-dealkylation sites (tertiary alicyclic amines) is 1. The molecule has 2 N–H and O–H groups in total. The van der Waals surface area contributed by atoms with Crippen LogP contribution in [-0.4, -0.2) is 29.9 Å². The fourth-order valence-corrected chi connectivity index (χ4v) is 4.05. The van der Waals surface area contributed by atoms with Gasteiger partial charge in [-0.15, -0.1) is 12.4 Å². The van der Waals surface area contributed by atoms with Gasteiger partial charge in [0.25, 0.3) is 0 Å². The van der Waals surface area contributed by atoms with E-state index < -0.39 is 0 Å². The Morgan fingerprint density at radius 1 is 1.38 bits per heavy atom. The van der Waals surface area contributed by atoms with E-state index in [1.807, 2.05) is 23.1 Å². The summed E-state index contributed by atoms with van der Waals surface area (Å²) in [6, 6.07) is 5.83. The molecule has 1 heterocycles. The predicted molar refractivity (Wildman–Crippen MR) is 90.9 cm³/mol. The lowest BCUT2D eigenvalue weighted by Crippen LogP contribution is -2.34. The maximum Gasteiger partial charge on any atom is 0.227 e. The van der Waals surface area contributed by atoms with Crippen LogP contribution in [0.4, 0.5) is 0 Å². The predicted octanol–water partition coefficient (Wildman–Crippen LogP) is 3.26. The topological polar surface area (TPSA) is 46.3 Å². The minimum Gasteiger partial charge on any atom is -0.342 e. The van der Waals surface area contributed by atoms with E-state index >= 15 is 0 Å². The first-order chi connectivity index (χ1) is 9.54. The van der Waals surface area contributed by atoms with Gasteiger partial charge in [-0.05, 0) is 48.4 Å². The molecule has 1 amide bonds. The van der Waals surface area contributed by atoms with E-state index in [1.54, 1.807) is 0 Å². The lowest BCUT2D eigenvalue weighted by atomic mass is 9.98. The number of nitrogens with two attached hydrogens (primary N) is 1. The fraction of sp³-hybridized carbons (Fsp3) is 0.533. The van der Waals surface area contributed by atoms with Gasteiger partial charge in [-0.3, -0.25) is 4.79 Å². The number of carbonyl (C=O) groups is 1. The number of hydrogen-bond donors (Lipinski definition) is 1. The third-order valence-corrected chi connectivity index (χ3v) is 5.62. The summed E-state index contributed by atoms with van der Waals surface area (Å²) in [7, 11) is 0. The molecule has 0 spiro atoms. The van der Waals surface area contributed by atoms with Crippen molar-refractivity contribution >= 4 is 45.8 Å². The van der Waals surface area contributed by atoms with Gasteiger partial charge in [0, 0.05) is 28.6 Å². The molecule has 116 valence electrons. The average Bonchev–Trinajstić information content (AvgIpc) is 2.97. The van der Waals surface area contributed by atoms with Crippen LogP contribution in [0.15, 0.2) is 22.7 Å². The zero-order valence-electron chi connectivity index (χ0n) is 11.6. The Labute approximate surface area is 144 Å². The number of benzene rings is 1. The number of nitrogens with zero attached hydrogens (tertiary/aromatic N) is 1. The first kappa shape index (κ1) is 17.1. The number of fused-ring (bicyclic) bond motifs is 1. The van der Waals surface area contributed by atoms with Crippen LogP contribution < -0.4 is 5.73 Å². The van der Waals surface area contributed by atoms with Crippen LogP contribution in [0.3, 0.4) is 0 Å². The molecule has 3 atom stereocenters. The van der Waals surface area contributed by atoms with Crippen LogP contribution in [0.2, 0.25) is 5.02 Å². The fourth-order valence-electron chi connectivity index (χ4n) is 3.46. The highest BCUT2D eigenvalue weighted by Gasteiger charge is 2.42. The van der Waals surface area contributed by atoms with E-state index in [0.717, 1.165) is 36.0 Å². The van der Waals surface area contributed by atoms with Crippen molar-refractivity contribution in [1.29, 1.82) is 0 Å². The standard InChI is InChI=1S/C15H18BrClN2O.ClH/c16-13-3-2-11(17)5-10(13)6-15(20)19-7-9-1-4-14(18)12(9)8-19;/h2-3,5,9,12,14H,1,4,6-8,18H2;1H. The minimum absolute atomic E-state index is 0. The lowest BCUT2D eigenvalue weighted by molar-refractivity contribution is -0.129. The first-order valence-electron chi connectivity index (χ1n) is 7.02. The van der Waals surface area contributed by atoms with Crippen molar-refractivity contribution in [3.05, 3.63) is 33.3 Å². The number of rotatable bonds is 2. The van der Waals surface area contributed by atoms with Crippen LogP contribution in [0, 0.1) is 11.8 Å². The Balaban J connectivity index is 0.00000161. The van der Waals surface area contributed by atoms with E-state index in [4.69, 9.17) is 17.3 Å². The summed E-state index contributed by atoms with van der Waals surface area (Å²) in [5.41, 5.74) is 7.06. The normalized spacial score (nSPS) is 27.4. The molecule has 0 bridgehead atoms. The number of halogens is 3. The average molecular weight is 394 g/mol. The van der Waals surface area contributed by atoms with Crippen molar-refractivity contribution < 1.29 is 4.79 Å². The van der Waals surface area contributed by atoms with Gasteiger partial charge in [-0.25, -0.2) is 0 Å². The molecular formula is C15H19BrCl2N2O. The van der Waals surface area contributed by atoms with E-state index in [0.29, 0.717) is 23.3 Å². The third-order valence-electron chi connectivity index (χ3n) is 4.61. The summed E-state index contributed by atoms with van der Waals surface area (Å²) < 4.78 is 0.936. The number of amides is 1. The summed E-state index contributed by atoms with van der Waals surface area (Å²) in [6.45, 7) is 1.69. The molecule has 1 aliphatic carbocycles. The van der Waals surface area contributed by atoms with Gasteiger partial charge >= 0.3 is 0 Å². The summed E-state index contributed by atoms with van der Waals surface area (Å²) in [5.74, 6) is 1.29. The molecule has 1 aromatic carbocycles. The highest BCUT2D eigenvalue weighted by molar-refractivity contribution is 9.10. The van der Waals surface area contributed by atoms with Crippen LogP contribution in [0.1, 0.15) is 18.4 Å². The van der Waals surface area contributed by atoms with Crippen molar-refractivity contribution in [3.8, 4) is 0 Å². The second kappa shape index (κ2) is 6.86. The molecule has 0 aromatic heterocycles. The van der Waals surface area contributed by atoms with Crippen molar-refractivity contribution in [2.24, 2.45) is 17.6 Å². The molecule has 1 saturated heterocycles. The molecule has 0 radical (unpaired) electrons. The molecule has 1 aromatic rings. The third kappa shape index (κ3) is 3.55. The van der Waals surface area contributed by atoms with E-state index in [9.17, 15) is 4.79 Å². The quantitative estimate of drug-likeness (QED) is 0.837. The van der Waals surface area contributed by atoms with E-state index in [1.165, 1.54) is 0 Å². The Bertz CT molecular complexity index is 540. The Hall–Kier alpha value is -0.290. The lowest BCUT2D eigenvalue weighted by Gasteiger charge is -2.19. The van der Waals surface area contributed by atoms with Gasteiger partial charge in [-0.1, -0.05) is 27.5 Å². The van der Waals surface area contributed by atoms with Crippen molar-refractivity contribution in [2.75, 3.05) is 13.1 Å². The molecule has 6 heteroatoms. The zero-order valence-corrected chi connectivity index (χ0v) is 14.8. The first-order valence-corrected chi connectivity index (χ1v) is 8.19. The molecule has 1 aliphatic heterocycles. The highest BCUT2D eigenvalue weighted by atomic mass is 79.9. The van der Waals surface area contributed by atoms with Gasteiger partial charge in [-0.2, -0.15) is 0 Å². The molecule has 2 fully saturated rings. The second-order valence-electron chi connectivity index (χ2n) is 5.88. The maximum atomic E-state index is 12.4. The van der Waals surface area contributed by atoms with Crippen molar-refractivity contribution in [3.63, 3.8) is 0 Å². The molecule has 21 heavy (non-hydrogen) atoms. The highest BCUT2D eigenvalue weighted by Crippen LogP contribution is 2.37. The Morgan fingerprint density at radius 2 is 2.14 bits per heavy atom. The zero-order chi connectivity index (χ0) is 14.3. The van der Waals surface area contributed by atoms with Gasteiger partial charge < -0.3 is 10.6 Å². The Morgan fingerprint density at radius 3 is 2.86 bits per heavy atom. The van der Waals surface area contributed by atoms with Crippen LogP contribution >= 0.6 is 39.9 Å². The largest absolute Gasteiger partial charge is 0.342 e. The van der Waals surface area contributed by atoms with Gasteiger partial charge in [0.05, 0.1) is 6.42 Å².